The average molecular weight is 255 g/mol. The standard InChI is InChI=1S/C16H17NO2/c1-12(16(18)19)17-11-14-9-5-6-10-15(14)13-7-3-2-4-8-13/h2-10,12,17H,11H2,1H3,(H,18,19). The Morgan fingerprint density at radius 2 is 1.74 bits per heavy atom. The van der Waals surface area contributed by atoms with Crippen LogP contribution < -0.4 is 5.32 Å². The molecule has 98 valence electrons. The Bertz CT molecular complexity index is 552. The van der Waals surface area contributed by atoms with Crippen molar-refractivity contribution < 1.29 is 9.90 Å². The molecule has 2 aromatic rings. The van der Waals surface area contributed by atoms with Crippen LogP contribution in [0.15, 0.2) is 54.6 Å². The van der Waals surface area contributed by atoms with Crippen LogP contribution in [0, 0.1) is 0 Å². The summed E-state index contributed by atoms with van der Waals surface area (Å²) in [4.78, 5) is 10.8. The molecule has 3 nitrogen and oxygen atoms in total. The lowest BCUT2D eigenvalue weighted by molar-refractivity contribution is -0.139. The van der Waals surface area contributed by atoms with Crippen molar-refractivity contribution in [1.82, 2.24) is 5.32 Å². The predicted molar refractivity (Wildman–Crippen MR) is 75.8 cm³/mol. The molecule has 0 aliphatic rings. The second-order valence-electron chi connectivity index (χ2n) is 4.46. The highest BCUT2D eigenvalue weighted by atomic mass is 16.4. The van der Waals surface area contributed by atoms with E-state index < -0.39 is 12.0 Å². The van der Waals surface area contributed by atoms with Crippen LogP contribution in [0.25, 0.3) is 11.1 Å². The molecule has 2 rings (SSSR count). The zero-order valence-corrected chi connectivity index (χ0v) is 10.8. The SMILES string of the molecule is CC(NCc1ccccc1-c1ccccc1)C(=O)O. The van der Waals surface area contributed by atoms with Crippen molar-refractivity contribution >= 4 is 5.97 Å². The van der Waals surface area contributed by atoms with Crippen LogP contribution in [-0.4, -0.2) is 17.1 Å². The highest BCUT2D eigenvalue weighted by Gasteiger charge is 2.11. The van der Waals surface area contributed by atoms with Gasteiger partial charge in [0, 0.05) is 6.54 Å². The summed E-state index contributed by atoms with van der Waals surface area (Å²) in [6.07, 6.45) is 0. The number of benzene rings is 2. The van der Waals surface area contributed by atoms with Gasteiger partial charge in [0.05, 0.1) is 0 Å². The maximum atomic E-state index is 10.8. The minimum Gasteiger partial charge on any atom is -0.480 e. The lowest BCUT2D eigenvalue weighted by Gasteiger charge is -2.13. The predicted octanol–water partition coefficient (Wildman–Crippen LogP) is 2.92. The van der Waals surface area contributed by atoms with Crippen LogP contribution in [0.3, 0.4) is 0 Å². The van der Waals surface area contributed by atoms with Gasteiger partial charge in [-0.15, -0.1) is 0 Å². The first-order chi connectivity index (χ1) is 9.18. The largest absolute Gasteiger partial charge is 0.480 e. The molecule has 0 aromatic heterocycles. The molecule has 0 bridgehead atoms. The smallest absolute Gasteiger partial charge is 0.320 e. The van der Waals surface area contributed by atoms with Crippen LogP contribution in [0.5, 0.6) is 0 Å². The van der Waals surface area contributed by atoms with Gasteiger partial charge in [0.2, 0.25) is 0 Å². The highest BCUT2D eigenvalue weighted by Crippen LogP contribution is 2.23. The summed E-state index contributed by atoms with van der Waals surface area (Å²) in [6.45, 7) is 2.19. The summed E-state index contributed by atoms with van der Waals surface area (Å²) in [6, 6.07) is 17.6. The quantitative estimate of drug-likeness (QED) is 0.863. The van der Waals surface area contributed by atoms with Gasteiger partial charge in [0.15, 0.2) is 0 Å². The van der Waals surface area contributed by atoms with E-state index in [1.165, 1.54) is 0 Å². The number of carboxylic acids is 1. The fourth-order valence-corrected chi connectivity index (χ4v) is 1.92. The molecule has 3 heteroatoms. The van der Waals surface area contributed by atoms with Crippen molar-refractivity contribution in [3.05, 3.63) is 60.2 Å². The number of hydrogen-bond acceptors (Lipinski definition) is 2. The van der Waals surface area contributed by atoms with E-state index in [0.29, 0.717) is 6.54 Å². The Morgan fingerprint density at radius 3 is 2.42 bits per heavy atom. The minimum atomic E-state index is -0.836. The first-order valence-corrected chi connectivity index (χ1v) is 6.28. The number of carbonyl (C=O) groups is 1. The summed E-state index contributed by atoms with van der Waals surface area (Å²) in [5.41, 5.74) is 3.37. The van der Waals surface area contributed by atoms with Crippen molar-refractivity contribution in [1.29, 1.82) is 0 Å². The molecule has 0 amide bonds. The Hall–Kier alpha value is -2.13. The van der Waals surface area contributed by atoms with Crippen LogP contribution in [0.4, 0.5) is 0 Å². The molecule has 1 unspecified atom stereocenters. The number of carboxylic acid groups (broad SMARTS) is 1. The summed E-state index contributed by atoms with van der Waals surface area (Å²) >= 11 is 0. The molecule has 0 saturated heterocycles. The number of nitrogens with one attached hydrogen (secondary N) is 1. The molecule has 0 saturated carbocycles. The molecule has 19 heavy (non-hydrogen) atoms. The van der Waals surface area contributed by atoms with E-state index >= 15 is 0 Å². The summed E-state index contributed by atoms with van der Waals surface area (Å²) in [5, 5.41) is 11.9. The van der Waals surface area contributed by atoms with Crippen LogP contribution in [-0.2, 0) is 11.3 Å². The summed E-state index contributed by atoms with van der Waals surface area (Å²) < 4.78 is 0. The lowest BCUT2D eigenvalue weighted by atomic mass is 9.99. The monoisotopic (exact) mass is 255 g/mol. The van der Waals surface area contributed by atoms with Crippen LogP contribution in [0.1, 0.15) is 12.5 Å². The number of rotatable bonds is 5. The fourth-order valence-electron chi connectivity index (χ4n) is 1.92. The molecule has 0 spiro atoms. The van der Waals surface area contributed by atoms with Gasteiger partial charge in [0.1, 0.15) is 6.04 Å². The highest BCUT2D eigenvalue weighted by molar-refractivity contribution is 5.73. The van der Waals surface area contributed by atoms with Crippen LogP contribution >= 0.6 is 0 Å². The maximum absolute atomic E-state index is 10.8. The Morgan fingerprint density at radius 1 is 1.11 bits per heavy atom. The zero-order valence-electron chi connectivity index (χ0n) is 10.8. The van der Waals surface area contributed by atoms with Crippen molar-refractivity contribution in [2.45, 2.75) is 19.5 Å². The topological polar surface area (TPSA) is 49.3 Å². The van der Waals surface area contributed by atoms with Crippen molar-refractivity contribution in [2.75, 3.05) is 0 Å². The van der Waals surface area contributed by atoms with E-state index in [0.717, 1.165) is 16.7 Å². The Balaban J connectivity index is 2.20. The molecule has 0 aliphatic heterocycles. The summed E-state index contributed by atoms with van der Waals surface area (Å²) in [5.74, 6) is -0.836. The van der Waals surface area contributed by atoms with Gasteiger partial charge in [-0.25, -0.2) is 0 Å². The molecule has 0 heterocycles. The van der Waals surface area contributed by atoms with E-state index in [4.69, 9.17) is 5.11 Å². The third kappa shape index (κ3) is 3.42. The molecular formula is C16H17NO2. The lowest BCUT2D eigenvalue weighted by Crippen LogP contribution is -2.33. The average Bonchev–Trinajstić information content (AvgIpc) is 2.46. The second-order valence-corrected chi connectivity index (χ2v) is 4.46. The first-order valence-electron chi connectivity index (χ1n) is 6.28. The maximum Gasteiger partial charge on any atom is 0.320 e. The number of aliphatic carboxylic acids is 1. The van der Waals surface area contributed by atoms with Gasteiger partial charge in [-0.1, -0.05) is 54.6 Å². The second kappa shape index (κ2) is 6.16. The third-order valence-electron chi connectivity index (χ3n) is 3.07. The van der Waals surface area contributed by atoms with Gasteiger partial charge in [0.25, 0.3) is 0 Å². The van der Waals surface area contributed by atoms with E-state index in [1.807, 2.05) is 36.4 Å². The fraction of sp³-hybridized carbons (Fsp3) is 0.188. The number of hydrogen-bond donors (Lipinski definition) is 2. The third-order valence-corrected chi connectivity index (χ3v) is 3.07. The molecular weight excluding hydrogens is 238 g/mol. The van der Waals surface area contributed by atoms with E-state index in [-0.39, 0.29) is 0 Å². The molecule has 0 aliphatic carbocycles. The van der Waals surface area contributed by atoms with Gasteiger partial charge >= 0.3 is 5.97 Å². The van der Waals surface area contributed by atoms with Gasteiger partial charge in [-0.3, -0.25) is 4.79 Å². The van der Waals surface area contributed by atoms with Crippen LogP contribution in [0.2, 0.25) is 0 Å². The normalized spacial score (nSPS) is 12.1. The molecule has 0 fully saturated rings. The van der Waals surface area contributed by atoms with Gasteiger partial charge in [-0.05, 0) is 23.6 Å². The Kier molecular flexibility index (Phi) is 4.31. The van der Waals surface area contributed by atoms with E-state index in [9.17, 15) is 4.79 Å². The first kappa shape index (κ1) is 13.3. The molecule has 0 radical (unpaired) electrons. The molecule has 2 aromatic carbocycles. The van der Waals surface area contributed by atoms with Crippen molar-refractivity contribution in [3.63, 3.8) is 0 Å². The van der Waals surface area contributed by atoms with E-state index in [1.54, 1.807) is 6.92 Å². The van der Waals surface area contributed by atoms with E-state index in [2.05, 4.69) is 23.5 Å². The van der Waals surface area contributed by atoms with Crippen molar-refractivity contribution in [3.8, 4) is 11.1 Å². The summed E-state index contributed by atoms with van der Waals surface area (Å²) in [7, 11) is 0. The van der Waals surface area contributed by atoms with Gasteiger partial charge < -0.3 is 10.4 Å². The Labute approximate surface area is 112 Å². The van der Waals surface area contributed by atoms with Gasteiger partial charge in [-0.2, -0.15) is 0 Å². The zero-order chi connectivity index (χ0) is 13.7. The molecule has 2 N–H and O–H groups in total. The molecule has 1 atom stereocenters. The van der Waals surface area contributed by atoms with Crippen molar-refractivity contribution in [2.24, 2.45) is 0 Å². The minimum absolute atomic E-state index is 0.540.